The molecule has 70 valence electrons. The van der Waals surface area contributed by atoms with Gasteiger partial charge in [-0.3, -0.25) is 4.79 Å². The van der Waals surface area contributed by atoms with Crippen LogP contribution in [0.5, 0.6) is 0 Å². The van der Waals surface area contributed by atoms with Gasteiger partial charge in [-0.25, -0.2) is 0 Å². The smallest absolute Gasteiger partial charge is 0.234 e. The highest BCUT2D eigenvalue weighted by molar-refractivity contribution is 6.30. The molecule has 0 aliphatic heterocycles. The van der Waals surface area contributed by atoms with E-state index < -0.39 is 11.9 Å². The second kappa shape index (κ2) is 4.25. The number of primary amides is 1. The Bertz CT molecular complexity index is 314. The summed E-state index contributed by atoms with van der Waals surface area (Å²) in [5.74, 6) is -0.500. The molecular weight excluding hydrogens is 188 g/mol. The number of amides is 1. The Hall–Kier alpha value is -1.06. The maximum Gasteiger partial charge on any atom is 0.234 e. The first-order chi connectivity index (χ1) is 6.09. The number of halogens is 1. The summed E-state index contributed by atoms with van der Waals surface area (Å²) in [7, 11) is 0. The van der Waals surface area contributed by atoms with Crippen LogP contribution in [0, 0.1) is 0 Å². The van der Waals surface area contributed by atoms with Crippen molar-refractivity contribution in [1.29, 1.82) is 0 Å². The van der Waals surface area contributed by atoms with Gasteiger partial charge < -0.3 is 11.5 Å². The van der Waals surface area contributed by atoms with E-state index in [9.17, 15) is 4.79 Å². The minimum atomic E-state index is -0.640. The van der Waals surface area contributed by atoms with E-state index in [2.05, 4.69) is 0 Å². The van der Waals surface area contributed by atoms with Gasteiger partial charge in [-0.2, -0.15) is 0 Å². The zero-order valence-electron chi connectivity index (χ0n) is 7.03. The Morgan fingerprint density at radius 1 is 1.54 bits per heavy atom. The summed E-state index contributed by atoms with van der Waals surface area (Å²) in [4.78, 5) is 10.7. The van der Waals surface area contributed by atoms with Crippen LogP contribution in [-0.4, -0.2) is 11.9 Å². The van der Waals surface area contributed by atoms with Gasteiger partial charge in [0.25, 0.3) is 0 Å². The monoisotopic (exact) mass is 198 g/mol. The minimum Gasteiger partial charge on any atom is -0.368 e. The second-order valence-corrected chi connectivity index (χ2v) is 3.28. The average molecular weight is 199 g/mol. The summed E-state index contributed by atoms with van der Waals surface area (Å²) < 4.78 is 0. The van der Waals surface area contributed by atoms with Crippen LogP contribution in [0.4, 0.5) is 0 Å². The molecule has 3 nitrogen and oxygen atoms in total. The molecule has 0 heterocycles. The van der Waals surface area contributed by atoms with Gasteiger partial charge in [0, 0.05) is 5.02 Å². The fourth-order valence-electron chi connectivity index (χ4n) is 1.02. The number of nitrogens with two attached hydrogens (primary N) is 2. The van der Waals surface area contributed by atoms with Crippen molar-refractivity contribution in [2.45, 2.75) is 12.5 Å². The SMILES string of the molecule is NC(=O)[C@H](N)Cc1cccc(Cl)c1. The Morgan fingerprint density at radius 3 is 2.77 bits per heavy atom. The van der Waals surface area contributed by atoms with Gasteiger partial charge in [-0.05, 0) is 24.1 Å². The van der Waals surface area contributed by atoms with Gasteiger partial charge >= 0.3 is 0 Å². The lowest BCUT2D eigenvalue weighted by Gasteiger charge is -2.06. The lowest BCUT2D eigenvalue weighted by Crippen LogP contribution is -2.38. The zero-order valence-corrected chi connectivity index (χ0v) is 7.79. The number of benzene rings is 1. The summed E-state index contributed by atoms with van der Waals surface area (Å²) in [6.45, 7) is 0. The van der Waals surface area contributed by atoms with Gasteiger partial charge in [0.1, 0.15) is 0 Å². The van der Waals surface area contributed by atoms with Crippen molar-refractivity contribution in [2.24, 2.45) is 11.5 Å². The van der Waals surface area contributed by atoms with E-state index in [4.69, 9.17) is 23.1 Å². The minimum absolute atomic E-state index is 0.426. The van der Waals surface area contributed by atoms with Gasteiger partial charge in [0.2, 0.25) is 5.91 Å². The molecule has 0 aliphatic rings. The number of carbonyl (C=O) groups excluding carboxylic acids is 1. The third-order valence-electron chi connectivity index (χ3n) is 1.71. The molecule has 0 radical (unpaired) electrons. The quantitative estimate of drug-likeness (QED) is 0.751. The summed E-state index contributed by atoms with van der Waals surface area (Å²) >= 11 is 5.75. The second-order valence-electron chi connectivity index (χ2n) is 2.84. The highest BCUT2D eigenvalue weighted by Gasteiger charge is 2.09. The van der Waals surface area contributed by atoms with Crippen LogP contribution in [0.1, 0.15) is 5.56 Å². The molecule has 0 unspecified atom stereocenters. The number of hydrogen-bond donors (Lipinski definition) is 2. The largest absolute Gasteiger partial charge is 0.368 e. The van der Waals surface area contributed by atoms with Crippen LogP contribution in [0.15, 0.2) is 24.3 Å². The zero-order chi connectivity index (χ0) is 9.84. The first-order valence-electron chi connectivity index (χ1n) is 3.89. The predicted octanol–water partition coefficient (Wildman–Crippen LogP) is 0.695. The molecule has 0 spiro atoms. The van der Waals surface area contributed by atoms with E-state index in [1.165, 1.54) is 0 Å². The molecule has 0 saturated heterocycles. The molecule has 4 N–H and O–H groups in total. The van der Waals surface area contributed by atoms with Crippen molar-refractivity contribution in [3.63, 3.8) is 0 Å². The number of rotatable bonds is 3. The Labute approximate surface area is 81.7 Å². The molecule has 0 saturated carbocycles. The third-order valence-corrected chi connectivity index (χ3v) is 1.95. The molecule has 1 aromatic rings. The highest BCUT2D eigenvalue weighted by atomic mass is 35.5. The maximum atomic E-state index is 10.7. The van der Waals surface area contributed by atoms with E-state index in [0.29, 0.717) is 11.4 Å². The van der Waals surface area contributed by atoms with Crippen molar-refractivity contribution < 1.29 is 4.79 Å². The molecule has 0 fully saturated rings. The van der Waals surface area contributed by atoms with Crippen LogP contribution < -0.4 is 11.5 Å². The van der Waals surface area contributed by atoms with E-state index in [1.807, 2.05) is 12.1 Å². The van der Waals surface area contributed by atoms with Crippen molar-refractivity contribution in [2.75, 3.05) is 0 Å². The normalized spacial score (nSPS) is 12.5. The van der Waals surface area contributed by atoms with Gasteiger partial charge in [-0.1, -0.05) is 23.7 Å². The summed E-state index contributed by atoms with van der Waals surface area (Å²) in [5.41, 5.74) is 11.4. The molecule has 0 aliphatic carbocycles. The van der Waals surface area contributed by atoms with Gasteiger partial charge in [-0.15, -0.1) is 0 Å². The highest BCUT2D eigenvalue weighted by Crippen LogP contribution is 2.11. The Kier molecular flexibility index (Phi) is 3.28. The van der Waals surface area contributed by atoms with E-state index >= 15 is 0 Å². The predicted molar refractivity (Wildman–Crippen MR) is 52.3 cm³/mol. The standard InChI is InChI=1S/C9H11ClN2O/c10-7-3-1-2-6(4-7)5-8(11)9(12)13/h1-4,8H,5,11H2,(H2,12,13)/t8-/m1/s1. The molecule has 1 aromatic carbocycles. The first kappa shape index (κ1) is 10.0. The van der Waals surface area contributed by atoms with E-state index in [-0.39, 0.29) is 0 Å². The number of carbonyl (C=O) groups is 1. The molecule has 1 amide bonds. The summed E-state index contributed by atoms with van der Waals surface area (Å²) in [6, 6.07) is 6.56. The van der Waals surface area contributed by atoms with E-state index in [0.717, 1.165) is 5.56 Å². The maximum absolute atomic E-state index is 10.7. The molecule has 1 atom stereocenters. The fourth-order valence-corrected chi connectivity index (χ4v) is 1.23. The first-order valence-corrected chi connectivity index (χ1v) is 4.26. The Morgan fingerprint density at radius 2 is 2.23 bits per heavy atom. The van der Waals surface area contributed by atoms with Crippen molar-refractivity contribution in [3.8, 4) is 0 Å². The lowest BCUT2D eigenvalue weighted by molar-refractivity contribution is -0.119. The van der Waals surface area contributed by atoms with Crippen molar-refractivity contribution >= 4 is 17.5 Å². The molecule has 0 aromatic heterocycles. The van der Waals surface area contributed by atoms with Crippen LogP contribution in [-0.2, 0) is 11.2 Å². The third kappa shape index (κ3) is 3.05. The van der Waals surface area contributed by atoms with Crippen molar-refractivity contribution in [3.05, 3.63) is 34.9 Å². The molecule has 4 heteroatoms. The van der Waals surface area contributed by atoms with Crippen LogP contribution in [0.25, 0.3) is 0 Å². The molecule has 13 heavy (non-hydrogen) atoms. The lowest BCUT2D eigenvalue weighted by atomic mass is 10.1. The molecule has 0 bridgehead atoms. The van der Waals surface area contributed by atoms with Crippen LogP contribution in [0.3, 0.4) is 0 Å². The summed E-state index contributed by atoms with van der Waals surface area (Å²) in [6.07, 6.45) is 0.426. The average Bonchev–Trinajstić information content (AvgIpc) is 2.04. The van der Waals surface area contributed by atoms with Crippen molar-refractivity contribution in [1.82, 2.24) is 0 Å². The number of hydrogen-bond acceptors (Lipinski definition) is 2. The fraction of sp³-hybridized carbons (Fsp3) is 0.222. The topological polar surface area (TPSA) is 69.1 Å². The Balaban J connectivity index is 2.69. The van der Waals surface area contributed by atoms with Gasteiger partial charge in [0.05, 0.1) is 6.04 Å². The molecular formula is C9H11ClN2O. The molecule has 1 rings (SSSR count). The van der Waals surface area contributed by atoms with E-state index in [1.54, 1.807) is 12.1 Å². The van der Waals surface area contributed by atoms with Gasteiger partial charge in [0.15, 0.2) is 0 Å². The van der Waals surface area contributed by atoms with Crippen LogP contribution in [0.2, 0.25) is 5.02 Å². The van der Waals surface area contributed by atoms with Crippen LogP contribution >= 0.6 is 11.6 Å². The summed E-state index contributed by atoms with van der Waals surface area (Å²) in [5, 5.41) is 0.633.